The molecule has 23 heavy (non-hydrogen) atoms. The van der Waals surface area contributed by atoms with E-state index in [1.807, 2.05) is 0 Å². The van der Waals surface area contributed by atoms with Crippen molar-refractivity contribution in [2.24, 2.45) is 0 Å². The molecule has 1 aromatic heterocycles. The second-order valence-corrected chi connectivity index (χ2v) is 6.32. The number of piperazine rings is 1. The number of carbonyl (C=O) groups is 1. The van der Waals surface area contributed by atoms with Crippen LogP contribution in [-0.2, 0) is 0 Å². The summed E-state index contributed by atoms with van der Waals surface area (Å²) in [7, 11) is 0. The van der Waals surface area contributed by atoms with Crippen LogP contribution in [0.4, 0.5) is 4.39 Å². The SMILES string of the molecule is O=C(c1cc(F)cc2cccnc12)N1CCN2C[C@H](O)C[C@H]2C1. The van der Waals surface area contributed by atoms with Gasteiger partial charge in [-0.05, 0) is 24.6 Å². The van der Waals surface area contributed by atoms with E-state index >= 15 is 0 Å². The molecule has 3 heterocycles. The van der Waals surface area contributed by atoms with Crippen molar-refractivity contribution in [1.29, 1.82) is 0 Å². The first-order chi connectivity index (χ1) is 11.1. The van der Waals surface area contributed by atoms with Gasteiger partial charge >= 0.3 is 0 Å². The number of pyridine rings is 1. The molecule has 2 aliphatic rings. The van der Waals surface area contributed by atoms with Gasteiger partial charge in [0, 0.05) is 43.8 Å². The lowest BCUT2D eigenvalue weighted by molar-refractivity contribution is 0.0570. The maximum absolute atomic E-state index is 13.9. The average molecular weight is 315 g/mol. The molecule has 2 aromatic rings. The number of amides is 1. The highest BCUT2D eigenvalue weighted by Crippen LogP contribution is 2.25. The van der Waals surface area contributed by atoms with Gasteiger partial charge in [0.15, 0.2) is 0 Å². The monoisotopic (exact) mass is 315 g/mol. The van der Waals surface area contributed by atoms with Gasteiger partial charge in [-0.25, -0.2) is 4.39 Å². The number of aliphatic hydroxyl groups excluding tert-OH is 1. The Morgan fingerprint density at radius 3 is 3.04 bits per heavy atom. The number of fused-ring (bicyclic) bond motifs is 2. The van der Waals surface area contributed by atoms with Crippen LogP contribution in [0.2, 0.25) is 0 Å². The van der Waals surface area contributed by atoms with Gasteiger partial charge in [0.2, 0.25) is 0 Å². The van der Waals surface area contributed by atoms with Crippen molar-refractivity contribution in [3.63, 3.8) is 0 Å². The van der Waals surface area contributed by atoms with Crippen LogP contribution in [0.1, 0.15) is 16.8 Å². The number of nitrogens with zero attached hydrogens (tertiary/aromatic N) is 3. The van der Waals surface area contributed by atoms with Gasteiger partial charge in [0.1, 0.15) is 5.82 Å². The predicted molar refractivity (Wildman–Crippen MR) is 83.6 cm³/mol. The molecule has 1 aromatic carbocycles. The Balaban J connectivity index is 1.65. The lowest BCUT2D eigenvalue weighted by atomic mass is 10.1. The third-order valence-electron chi connectivity index (χ3n) is 4.78. The Bertz CT molecular complexity index is 767. The van der Waals surface area contributed by atoms with Crippen molar-refractivity contribution in [1.82, 2.24) is 14.8 Å². The summed E-state index contributed by atoms with van der Waals surface area (Å²) in [6.07, 6.45) is 1.99. The number of hydrogen-bond acceptors (Lipinski definition) is 4. The Labute approximate surface area is 133 Å². The van der Waals surface area contributed by atoms with Gasteiger partial charge < -0.3 is 10.0 Å². The largest absolute Gasteiger partial charge is 0.392 e. The fraction of sp³-hybridized carbons (Fsp3) is 0.412. The number of halogens is 1. The first-order valence-electron chi connectivity index (χ1n) is 7.87. The Morgan fingerprint density at radius 1 is 1.30 bits per heavy atom. The Hall–Kier alpha value is -2.05. The molecule has 1 N–H and O–H groups in total. The maximum Gasteiger partial charge on any atom is 0.256 e. The summed E-state index contributed by atoms with van der Waals surface area (Å²) in [6.45, 7) is 2.58. The summed E-state index contributed by atoms with van der Waals surface area (Å²) in [5, 5.41) is 10.4. The van der Waals surface area contributed by atoms with E-state index in [-0.39, 0.29) is 18.1 Å². The highest BCUT2D eigenvalue weighted by molar-refractivity contribution is 6.05. The minimum absolute atomic E-state index is 0.186. The van der Waals surface area contributed by atoms with Crippen LogP contribution in [-0.4, -0.2) is 64.1 Å². The molecule has 0 bridgehead atoms. The zero-order valence-corrected chi connectivity index (χ0v) is 12.7. The fourth-order valence-corrected chi connectivity index (χ4v) is 3.69. The van der Waals surface area contributed by atoms with Crippen LogP contribution in [0.25, 0.3) is 10.9 Å². The maximum atomic E-state index is 13.9. The van der Waals surface area contributed by atoms with Crippen molar-refractivity contribution in [2.75, 3.05) is 26.2 Å². The molecule has 2 atom stereocenters. The Morgan fingerprint density at radius 2 is 2.17 bits per heavy atom. The number of rotatable bonds is 1. The normalized spacial score (nSPS) is 24.9. The standard InChI is InChI=1S/C17H18FN3O2/c18-12-6-11-2-1-3-19-16(11)15(7-12)17(23)21-5-4-20-10-14(22)8-13(20)9-21/h1-3,6-7,13-14,22H,4-5,8-10H2/t13-,14+/m0/s1. The third kappa shape index (κ3) is 2.58. The van der Waals surface area contributed by atoms with Crippen LogP contribution < -0.4 is 0 Å². The molecule has 4 rings (SSSR count). The summed E-state index contributed by atoms with van der Waals surface area (Å²) >= 11 is 0. The first-order valence-corrected chi connectivity index (χ1v) is 7.87. The molecule has 120 valence electrons. The molecule has 6 heteroatoms. The minimum atomic E-state index is -0.427. The zero-order valence-electron chi connectivity index (χ0n) is 12.7. The van der Waals surface area contributed by atoms with E-state index in [2.05, 4.69) is 9.88 Å². The lowest BCUT2D eigenvalue weighted by Gasteiger charge is -2.37. The van der Waals surface area contributed by atoms with Crippen LogP contribution in [0.5, 0.6) is 0 Å². The second-order valence-electron chi connectivity index (χ2n) is 6.32. The van der Waals surface area contributed by atoms with E-state index in [1.165, 1.54) is 12.1 Å². The van der Waals surface area contributed by atoms with Crippen LogP contribution in [0.3, 0.4) is 0 Å². The topological polar surface area (TPSA) is 56.7 Å². The predicted octanol–water partition coefficient (Wildman–Crippen LogP) is 1.26. The summed E-state index contributed by atoms with van der Waals surface area (Å²) < 4.78 is 13.9. The van der Waals surface area contributed by atoms with Crippen LogP contribution >= 0.6 is 0 Å². The number of benzene rings is 1. The van der Waals surface area contributed by atoms with E-state index in [0.29, 0.717) is 42.5 Å². The quantitative estimate of drug-likeness (QED) is 0.861. The molecule has 0 spiro atoms. The first kappa shape index (κ1) is 14.5. The van der Waals surface area contributed by atoms with Gasteiger partial charge in [-0.15, -0.1) is 0 Å². The third-order valence-corrected chi connectivity index (χ3v) is 4.78. The summed E-state index contributed by atoms with van der Waals surface area (Å²) in [5.41, 5.74) is 0.848. The van der Waals surface area contributed by atoms with Crippen LogP contribution in [0, 0.1) is 5.82 Å². The molecule has 0 unspecified atom stereocenters. The number of aliphatic hydroxyl groups is 1. The minimum Gasteiger partial charge on any atom is -0.392 e. The van der Waals surface area contributed by atoms with Crippen molar-refractivity contribution >= 4 is 16.8 Å². The molecular formula is C17H18FN3O2. The van der Waals surface area contributed by atoms with Crippen molar-refractivity contribution < 1.29 is 14.3 Å². The second kappa shape index (κ2) is 5.54. The average Bonchev–Trinajstić information content (AvgIpc) is 2.92. The molecule has 1 amide bonds. The van der Waals surface area contributed by atoms with Gasteiger partial charge in [0.05, 0.1) is 17.2 Å². The number of carbonyl (C=O) groups excluding carboxylic acids is 1. The Kier molecular flexibility index (Phi) is 3.50. The smallest absolute Gasteiger partial charge is 0.256 e. The molecule has 5 nitrogen and oxygen atoms in total. The molecule has 2 saturated heterocycles. The van der Waals surface area contributed by atoms with Crippen LogP contribution in [0.15, 0.2) is 30.5 Å². The van der Waals surface area contributed by atoms with E-state index in [1.54, 1.807) is 23.2 Å². The van der Waals surface area contributed by atoms with E-state index in [4.69, 9.17) is 0 Å². The molecule has 2 fully saturated rings. The van der Waals surface area contributed by atoms with E-state index in [0.717, 1.165) is 6.54 Å². The van der Waals surface area contributed by atoms with Gasteiger partial charge in [-0.1, -0.05) is 6.07 Å². The van der Waals surface area contributed by atoms with Crippen molar-refractivity contribution in [3.8, 4) is 0 Å². The molecule has 0 aliphatic carbocycles. The van der Waals surface area contributed by atoms with Gasteiger partial charge in [0.25, 0.3) is 5.91 Å². The van der Waals surface area contributed by atoms with Crippen molar-refractivity contribution in [3.05, 3.63) is 41.8 Å². The summed E-state index contributed by atoms with van der Waals surface area (Å²) in [6, 6.07) is 6.34. The highest BCUT2D eigenvalue weighted by atomic mass is 19.1. The summed E-state index contributed by atoms with van der Waals surface area (Å²) in [4.78, 5) is 21.1. The zero-order chi connectivity index (χ0) is 16.0. The van der Waals surface area contributed by atoms with Crippen molar-refractivity contribution in [2.45, 2.75) is 18.6 Å². The van der Waals surface area contributed by atoms with E-state index < -0.39 is 5.82 Å². The van der Waals surface area contributed by atoms with Gasteiger partial charge in [-0.2, -0.15) is 0 Å². The van der Waals surface area contributed by atoms with Gasteiger partial charge in [-0.3, -0.25) is 14.7 Å². The number of aromatic nitrogens is 1. The molecule has 0 saturated carbocycles. The highest BCUT2D eigenvalue weighted by Gasteiger charge is 2.37. The fourth-order valence-electron chi connectivity index (χ4n) is 3.69. The molecule has 0 radical (unpaired) electrons. The lowest BCUT2D eigenvalue weighted by Crippen LogP contribution is -2.52. The number of hydrogen-bond donors (Lipinski definition) is 1. The molecule has 2 aliphatic heterocycles. The summed E-state index contributed by atoms with van der Waals surface area (Å²) in [5.74, 6) is -0.613. The molecular weight excluding hydrogens is 297 g/mol. The van der Waals surface area contributed by atoms with E-state index in [9.17, 15) is 14.3 Å².